The maximum absolute atomic E-state index is 6.59. The largest absolute Gasteiger partial charge is 0.487 e. The van der Waals surface area contributed by atoms with Crippen molar-refractivity contribution in [3.05, 3.63) is 28.7 Å². The van der Waals surface area contributed by atoms with Gasteiger partial charge in [0.05, 0.1) is 0 Å². The van der Waals surface area contributed by atoms with Gasteiger partial charge in [-0.05, 0) is 62.3 Å². The number of hydrogen-bond acceptors (Lipinski definition) is 1. The first-order chi connectivity index (χ1) is 11.9. The van der Waals surface area contributed by atoms with Gasteiger partial charge in [0.1, 0.15) is 11.4 Å². The lowest BCUT2D eigenvalue weighted by Gasteiger charge is -2.49. The van der Waals surface area contributed by atoms with Gasteiger partial charge in [-0.15, -0.1) is 0 Å². The van der Waals surface area contributed by atoms with Crippen LogP contribution in [0.1, 0.15) is 93.9 Å². The molecule has 0 saturated carbocycles. The fourth-order valence-corrected chi connectivity index (χ4v) is 4.38. The minimum atomic E-state index is -0.224. The van der Waals surface area contributed by atoms with Gasteiger partial charge in [-0.2, -0.15) is 0 Å². The van der Waals surface area contributed by atoms with Crippen LogP contribution in [0.15, 0.2) is 28.7 Å². The highest BCUT2D eigenvalue weighted by atomic mass is 79.9. The maximum atomic E-state index is 6.59. The van der Waals surface area contributed by atoms with Crippen molar-refractivity contribution in [1.82, 2.24) is 0 Å². The summed E-state index contributed by atoms with van der Waals surface area (Å²) < 4.78 is 7.68. The number of halogens is 1. The molecule has 2 atom stereocenters. The van der Waals surface area contributed by atoms with E-state index in [4.69, 9.17) is 4.74 Å². The summed E-state index contributed by atoms with van der Waals surface area (Å²) >= 11 is 3.51. The van der Waals surface area contributed by atoms with Crippen LogP contribution >= 0.6 is 15.9 Å². The van der Waals surface area contributed by atoms with Crippen LogP contribution in [0.2, 0.25) is 0 Å². The molecule has 0 aliphatic carbocycles. The molecule has 1 aromatic carbocycles. The summed E-state index contributed by atoms with van der Waals surface area (Å²) in [5.74, 6) is 1.55. The van der Waals surface area contributed by atoms with Gasteiger partial charge < -0.3 is 4.74 Å². The highest BCUT2D eigenvalue weighted by Gasteiger charge is 2.47. The van der Waals surface area contributed by atoms with Crippen molar-refractivity contribution in [1.29, 1.82) is 0 Å². The van der Waals surface area contributed by atoms with Crippen molar-refractivity contribution in [2.24, 2.45) is 16.7 Å². The third kappa shape index (κ3) is 6.91. The first kappa shape index (κ1) is 23.5. The lowest BCUT2D eigenvalue weighted by Crippen LogP contribution is -2.50. The Labute approximate surface area is 171 Å². The lowest BCUT2D eigenvalue weighted by molar-refractivity contribution is -0.0711. The number of hydrogen-bond donors (Lipinski definition) is 0. The van der Waals surface area contributed by atoms with E-state index in [0.29, 0.717) is 11.3 Å². The summed E-state index contributed by atoms with van der Waals surface area (Å²) in [6.45, 7) is 18.8. The zero-order valence-corrected chi connectivity index (χ0v) is 20.0. The summed E-state index contributed by atoms with van der Waals surface area (Å²) in [6, 6.07) is 8.25. The summed E-state index contributed by atoms with van der Waals surface area (Å²) in [4.78, 5) is 0. The van der Waals surface area contributed by atoms with Crippen LogP contribution in [-0.4, -0.2) is 5.60 Å². The van der Waals surface area contributed by atoms with Crippen molar-refractivity contribution >= 4 is 15.9 Å². The van der Waals surface area contributed by atoms with Crippen LogP contribution in [0.4, 0.5) is 0 Å². The van der Waals surface area contributed by atoms with Crippen LogP contribution in [0.5, 0.6) is 5.75 Å². The molecule has 0 fully saturated rings. The number of ether oxygens (including phenoxy) is 1. The summed E-state index contributed by atoms with van der Waals surface area (Å²) in [7, 11) is 0. The topological polar surface area (TPSA) is 9.23 Å². The Hall–Kier alpha value is -0.500. The predicted molar refractivity (Wildman–Crippen MR) is 119 cm³/mol. The van der Waals surface area contributed by atoms with Crippen LogP contribution in [0.25, 0.3) is 0 Å². The minimum absolute atomic E-state index is 0.126. The van der Waals surface area contributed by atoms with E-state index in [1.54, 1.807) is 0 Å². The molecule has 0 aromatic heterocycles. The third-order valence-electron chi connectivity index (χ3n) is 6.12. The molecular weight excluding hydrogens is 384 g/mol. The molecule has 150 valence electrons. The molecule has 0 spiro atoms. The molecule has 2 heteroatoms. The Morgan fingerprint density at radius 2 is 1.50 bits per heavy atom. The molecule has 26 heavy (non-hydrogen) atoms. The van der Waals surface area contributed by atoms with Crippen LogP contribution < -0.4 is 4.74 Å². The van der Waals surface area contributed by atoms with Gasteiger partial charge in [-0.1, -0.05) is 83.2 Å². The van der Waals surface area contributed by atoms with Crippen molar-refractivity contribution < 1.29 is 4.74 Å². The van der Waals surface area contributed by atoms with E-state index in [2.05, 4.69) is 95.6 Å². The Bertz CT molecular complexity index is 526. The van der Waals surface area contributed by atoms with E-state index in [-0.39, 0.29) is 11.0 Å². The SMILES string of the molecule is CCCCCCC(C)(C(C)CC(C)(C)C)C(C)(C)Oc1ccc(Br)cc1. The van der Waals surface area contributed by atoms with Gasteiger partial charge >= 0.3 is 0 Å². The van der Waals surface area contributed by atoms with Crippen molar-refractivity contribution in [3.63, 3.8) is 0 Å². The standard InChI is InChI=1S/C24H41BrO/c1-9-10-11-12-17-24(8,19(2)18-22(3,4)5)23(6,7)26-21-15-13-20(25)14-16-21/h13-16,19H,9-12,17-18H2,1-8H3. The van der Waals surface area contributed by atoms with Crippen LogP contribution in [-0.2, 0) is 0 Å². The zero-order valence-electron chi connectivity index (χ0n) is 18.4. The molecular formula is C24H41BrO. The van der Waals surface area contributed by atoms with Gasteiger partial charge in [0.15, 0.2) is 0 Å². The van der Waals surface area contributed by atoms with Gasteiger partial charge in [0, 0.05) is 9.89 Å². The minimum Gasteiger partial charge on any atom is -0.487 e. The average Bonchev–Trinajstić information content (AvgIpc) is 2.51. The third-order valence-corrected chi connectivity index (χ3v) is 6.65. The molecule has 1 rings (SSSR count). The fourth-order valence-electron chi connectivity index (χ4n) is 4.12. The van der Waals surface area contributed by atoms with E-state index in [1.807, 2.05) is 0 Å². The molecule has 0 radical (unpaired) electrons. The summed E-state index contributed by atoms with van der Waals surface area (Å²) in [6.07, 6.45) is 7.65. The van der Waals surface area contributed by atoms with E-state index < -0.39 is 0 Å². The molecule has 0 aliphatic heterocycles. The Balaban J connectivity index is 3.04. The van der Waals surface area contributed by atoms with Gasteiger partial charge in [-0.3, -0.25) is 0 Å². The second kappa shape index (κ2) is 9.62. The van der Waals surface area contributed by atoms with Crippen LogP contribution in [0, 0.1) is 16.7 Å². The molecule has 0 bridgehead atoms. The first-order valence-electron chi connectivity index (χ1n) is 10.4. The molecule has 1 nitrogen and oxygen atoms in total. The number of benzene rings is 1. The summed E-state index contributed by atoms with van der Waals surface area (Å²) in [5, 5.41) is 0. The molecule has 0 saturated heterocycles. The molecule has 0 aliphatic rings. The maximum Gasteiger partial charge on any atom is 0.120 e. The molecule has 2 unspecified atom stereocenters. The predicted octanol–water partition coefficient (Wildman–Crippen LogP) is 8.66. The number of rotatable bonds is 10. The lowest BCUT2D eigenvalue weighted by atomic mass is 9.61. The highest BCUT2D eigenvalue weighted by molar-refractivity contribution is 9.10. The fraction of sp³-hybridized carbons (Fsp3) is 0.750. The second-order valence-corrected chi connectivity index (χ2v) is 10.9. The molecule has 0 N–H and O–H groups in total. The smallest absolute Gasteiger partial charge is 0.120 e. The van der Waals surface area contributed by atoms with E-state index in [0.717, 1.165) is 10.2 Å². The van der Waals surface area contributed by atoms with Crippen LogP contribution in [0.3, 0.4) is 0 Å². The highest BCUT2D eigenvalue weighted by Crippen LogP contribution is 2.49. The molecule has 0 amide bonds. The Morgan fingerprint density at radius 3 is 2.00 bits per heavy atom. The normalized spacial score (nSPS) is 16.2. The second-order valence-electron chi connectivity index (χ2n) is 9.96. The monoisotopic (exact) mass is 424 g/mol. The Morgan fingerprint density at radius 1 is 0.923 bits per heavy atom. The van der Waals surface area contributed by atoms with Gasteiger partial charge in [-0.25, -0.2) is 0 Å². The zero-order chi connectivity index (χ0) is 20.0. The Kier molecular flexibility index (Phi) is 8.71. The van der Waals surface area contributed by atoms with Crippen molar-refractivity contribution in [2.75, 3.05) is 0 Å². The number of unbranched alkanes of at least 4 members (excludes halogenated alkanes) is 3. The average molecular weight is 425 g/mol. The first-order valence-corrected chi connectivity index (χ1v) is 11.2. The quantitative estimate of drug-likeness (QED) is 0.341. The van der Waals surface area contributed by atoms with E-state index in [1.165, 1.54) is 38.5 Å². The molecule has 0 heterocycles. The van der Waals surface area contributed by atoms with Gasteiger partial charge in [0.2, 0.25) is 0 Å². The summed E-state index contributed by atoms with van der Waals surface area (Å²) in [5.41, 5.74) is 0.233. The van der Waals surface area contributed by atoms with E-state index >= 15 is 0 Å². The van der Waals surface area contributed by atoms with Crippen molar-refractivity contribution in [3.8, 4) is 5.75 Å². The van der Waals surface area contributed by atoms with Gasteiger partial charge in [0.25, 0.3) is 0 Å². The van der Waals surface area contributed by atoms with E-state index in [9.17, 15) is 0 Å². The van der Waals surface area contributed by atoms with Crippen molar-refractivity contribution in [2.45, 2.75) is 99.5 Å². The molecule has 1 aromatic rings.